The number of carbonyl (C=O) groups excluding carboxylic acids is 5. The molecule has 10 heteroatoms. The molecule has 0 radical (unpaired) electrons. The molecule has 0 fully saturated rings. The Hall–Kier alpha value is -3.30. The molecule has 0 aliphatic rings. The number of methoxy groups -OCH3 is 1. The third-order valence-corrected chi connectivity index (χ3v) is 5.16. The fourth-order valence-corrected chi connectivity index (χ4v) is 3.12. The Morgan fingerprint density at radius 2 is 1.60 bits per heavy atom. The van der Waals surface area contributed by atoms with Crippen LogP contribution in [0.15, 0.2) is 30.3 Å². The van der Waals surface area contributed by atoms with Crippen LogP contribution in [0.1, 0.15) is 53.0 Å². The predicted molar refractivity (Wildman–Crippen MR) is 128 cm³/mol. The number of Topliss-reactive ketones (excluding diaryl/α,β-unsaturated/α-hetero) is 2. The Balaban J connectivity index is 0.0000116. The largest absolute Gasteiger partial charge is 0.469 e. The summed E-state index contributed by atoms with van der Waals surface area (Å²) in [4.78, 5) is 60.6. The lowest BCUT2D eigenvalue weighted by Gasteiger charge is -2.23. The number of hydrogen-bond donors (Lipinski definition) is 2. The highest BCUT2D eigenvalue weighted by Gasteiger charge is 2.30. The molecule has 0 spiro atoms. The molecular weight excluding hydrogens is 459 g/mol. The van der Waals surface area contributed by atoms with E-state index < -0.39 is 54.2 Å². The number of carbonyl (C=O) groups is 5. The average molecular weight is 497 g/mol. The minimum absolute atomic E-state index is 0. The smallest absolute Gasteiger partial charge is 0.408 e. The first-order chi connectivity index (χ1) is 16.1. The number of halogens is 1. The molecule has 0 bridgehead atoms. The SMILES string of the molecule is C.COC(=O)CC[C@H](NC(=O)[C@H](C)CC(=O)[C@@H](NC(=O)OCc1ccccc1)C(C)C)C(=O)CF. The average Bonchev–Trinajstić information content (AvgIpc) is 2.82. The highest BCUT2D eigenvalue weighted by molar-refractivity contribution is 5.94. The summed E-state index contributed by atoms with van der Waals surface area (Å²) in [5, 5.41) is 4.94. The van der Waals surface area contributed by atoms with Crippen LogP contribution in [0.4, 0.5) is 9.18 Å². The molecule has 0 saturated heterocycles. The van der Waals surface area contributed by atoms with Gasteiger partial charge >= 0.3 is 12.1 Å². The van der Waals surface area contributed by atoms with E-state index in [-0.39, 0.29) is 39.2 Å². The first-order valence-corrected chi connectivity index (χ1v) is 11.0. The Bertz CT molecular complexity index is 845. The standard InChI is InChI=1S/C24H33FN2O7.CH4/c1-15(2)22(27-24(32)34-14-17-8-6-5-7-9-17)19(28)12-16(3)23(31)26-18(20(29)13-25)10-11-21(30)33-4;/h5-9,15-16,18,22H,10-14H2,1-4H3,(H,26,31)(H,27,32);1H4/t16-,18+,22+;/m1./s1. The molecular formula is C25H37FN2O7. The first kappa shape index (κ1) is 31.7. The van der Waals surface area contributed by atoms with Gasteiger partial charge in [-0.05, 0) is 17.9 Å². The van der Waals surface area contributed by atoms with E-state index in [1.165, 1.54) is 14.0 Å². The maximum atomic E-state index is 12.9. The summed E-state index contributed by atoms with van der Waals surface area (Å²) in [5.74, 6) is -3.63. The summed E-state index contributed by atoms with van der Waals surface area (Å²) < 4.78 is 22.5. The van der Waals surface area contributed by atoms with E-state index in [0.717, 1.165) is 5.56 Å². The number of alkyl halides is 1. The van der Waals surface area contributed by atoms with Crippen LogP contribution in [0.2, 0.25) is 0 Å². The number of ketones is 2. The first-order valence-electron chi connectivity index (χ1n) is 11.0. The Labute approximate surface area is 206 Å². The molecule has 0 aromatic heterocycles. The number of hydrogen-bond acceptors (Lipinski definition) is 7. The maximum absolute atomic E-state index is 12.9. The summed E-state index contributed by atoms with van der Waals surface area (Å²) in [6.45, 7) is 3.71. The van der Waals surface area contributed by atoms with Gasteiger partial charge in [-0.15, -0.1) is 0 Å². The molecule has 0 aliphatic heterocycles. The molecule has 9 nitrogen and oxygen atoms in total. The Morgan fingerprint density at radius 3 is 2.14 bits per heavy atom. The third kappa shape index (κ3) is 11.6. The number of esters is 1. The van der Waals surface area contributed by atoms with Gasteiger partial charge in [-0.3, -0.25) is 19.2 Å². The second-order valence-electron chi connectivity index (χ2n) is 8.28. The zero-order chi connectivity index (χ0) is 25.7. The van der Waals surface area contributed by atoms with Crippen molar-refractivity contribution in [3.63, 3.8) is 0 Å². The van der Waals surface area contributed by atoms with Gasteiger partial charge in [-0.2, -0.15) is 0 Å². The van der Waals surface area contributed by atoms with Crippen LogP contribution in [0.5, 0.6) is 0 Å². The van der Waals surface area contributed by atoms with Crippen molar-refractivity contribution in [2.75, 3.05) is 13.8 Å². The van der Waals surface area contributed by atoms with E-state index in [0.29, 0.717) is 0 Å². The Kier molecular flexibility index (Phi) is 14.8. The number of amides is 2. The lowest BCUT2D eigenvalue weighted by atomic mass is 9.92. The second kappa shape index (κ2) is 16.3. The number of rotatable bonds is 14. The quantitative estimate of drug-likeness (QED) is 0.379. The molecule has 1 rings (SSSR count). The van der Waals surface area contributed by atoms with Gasteiger partial charge in [-0.25, -0.2) is 9.18 Å². The monoisotopic (exact) mass is 496 g/mol. The molecule has 2 amide bonds. The lowest BCUT2D eigenvalue weighted by Crippen LogP contribution is -2.47. The van der Waals surface area contributed by atoms with Crippen LogP contribution in [-0.2, 0) is 35.3 Å². The minimum Gasteiger partial charge on any atom is -0.469 e. The van der Waals surface area contributed by atoms with Crippen LogP contribution in [-0.4, -0.2) is 55.4 Å². The molecule has 0 aliphatic carbocycles. The van der Waals surface area contributed by atoms with E-state index in [2.05, 4.69) is 15.4 Å². The number of ether oxygens (including phenoxy) is 2. The highest BCUT2D eigenvalue weighted by Crippen LogP contribution is 2.13. The highest BCUT2D eigenvalue weighted by atomic mass is 19.1. The summed E-state index contributed by atoms with van der Waals surface area (Å²) in [7, 11) is 1.18. The van der Waals surface area contributed by atoms with E-state index in [9.17, 15) is 28.4 Å². The maximum Gasteiger partial charge on any atom is 0.408 e. The molecule has 35 heavy (non-hydrogen) atoms. The van der Waals surface area contributed by atoms with Gasteiger partial charge in [0.05, 0.1) is 19.2 Å². The van der Waals surface area contributed by atoms with E-state index >= 15 is 0 Å². The lowest BCUT2D eigenvalue weighted by molar-refractivity contribution is -0.141. The molecule has 0 unspecified atom stereocenters. The molecule has 2 N–H and O–H groups in total. The van der Waals surface area contributed by atoms with Gasteiger partial charge in [-0.1, -0.05) is 58.5 Å². The summed E-state index contributed by atoms with van der Waals surface area (Å²) >= 11 is 0. The van der Waals surface area contributed by atoms with Crippen molar-refractivity contribution in [3.8, 4) is 0 Å². The molecule has 1 aromatic rings. The van der Waals surface area contributed by atoms with Gasteiger partial charge < -0.3 is 20.1 Å². The fraction of sp³-hybridized carbons (Fsp3) is 0.560. The van der Waals surface area contributed by atoms with Crippen molar-refractivity contribution in [2.24, 2.45) is 11.8 Å². The van der Waals surface area contributed by atoms with E-state index in [4.69, 9.17) is 4.74 Å². The van der Waals surface area contributed by atoms with Gasteiger partial charge in [0, 0.05) is 18.8 Å². The van der Waals surface area contributed by atoms with E-state index in [1.807, 2.05) is 18.2 Å². The van der Waals surface area contributed by atoms with Crippen molar-refractivity contribution in [3.05, 3.63) is 35.9 Å². The van der Waals surface area contributed by atoms with Crippen molar-refractivity contribution in [1.29, 1.82) is 0 Å². The van der Waals surface area contributed by atoms with Gasteiger partial charge in [0.1, 0.15) is 13.3 Å². The zero-order valence-corrected chi connectivity index (χ0v) is 20.0. The third-order valence-electron chi connectivity index (χ3n) is 5.16. The van der Waals surface area contributed by atoms with Crippen LogP contribution < -0.4 is 10.6 Å². The van der Waals surface area contributed by atoms with Crippen LogP contribution >= 0.6 is 0 Å². The van der Waals surface area contributed by atoms with Crippen molar-refractivity contribution in [2.45, 2.75) is 66.2 Å². The number of nitrogens with one attached hydrogen (secondary N) is 2. The van der Waals surface area contributed by atoms with Crippen LogP contribution in [0.3, 0.4) is 0 Å². The normalized spacial score (nSPS) is 13.0. The second-order valence-corrected chi connectivity index (χ2v) is 8.28. The van der Waals surface area contributed by atoms with Crippen molar-refractivity contribution < 1.29 is 37.8 Å². The number of alkyl carbamates (subject to hydrolysis) is 1. The van der Waals surface area contributed by atoms with Crippen molar-refractivity contribution >= 4 is 29.5 Å². The van der Waals surface area contributed by atoms with Gasteiger partial charge in [0.25, 0.3) is 0 Å². The molecule has 0 saturated carbocycles. The van der Waals surface area contributed by atoms with Crippen LogP contribution in [0, 0.1) is 11.8 Å². The zero-order valence-electron chi connectivity index (χ0n) is 20.0. The van der Waals surface area contributed by atoms with Crippen molar-refractivity contribution in [1.82, 2.24) is 10.6 Å². The van der Waals surface area contributed by atoms with Gasteiger partial charge in [0.2, 0.25) is 5.91 Å². The predicted octanol–water partition coefficient (Wildman–Crippen LogP) is 3.15. The topological polar surface area (TPSA) is 128 Å². The summed E-state index contributed by atoms with van der Waals surface area (Å²) in [5.41, 5.74) is 0.792. The summed E-state index contributed by atoms with van der Waals surface area (Å²) in [6.07, 6.45) is -1.28. The molecule has 3 atom stereocenters. The van der Waals surface area contributed by atoms with Crippen LogP contribution in [0.25, 0.3) is 0 Å². The minimum atomic E-state index is -1.30. The molecule has 1 aromatic carbocycles. The Morgan fingerprint density at radius 1 is 0.971 bits per heavy atom. The number of benzene rings is 1. The van der Waals surface area contributed by atoms with Gasteiger partial charge in [0.15, 0.2) is 11.6 Å². The summed E-state index contributed by atoms with van der Waals surface area (Å²) in [6, 6.07) is 6.95. The molecule has 0 heterocycles. The van der Waals surface area contributed by atoms with E-state index in [1.54, 1.807) is 26.0 Å². The fourth-order valence-electron chi connectivity index (χ4n) is 3.12. The molecule has 196 valence electrons.